The van der Waals surface area contributed by atoms with Gasteiger partial charge in [-0.25, -0.2) is 8.78 Å². The quantitative estimate of drug-likeness (QED) is 0.907. The van der Waals surface area contributed by atoms with Gasteiger partial charge >= 0.3 is 0 Å². The van der Waals surface area contributed by atoms with Crippen LogP contribution < -0.4 is 5.73 Å². The van der Waals surface area contributed by atoms with Crippen molar-refractivity contribution >= 4 is 0 Å². The Labute approximate surface area is 104 Å². The number of benzene rings is 1. The van der Waals surface area contributed by atoms with Crippen molar-refractivity contribution in [3.05, 3.63) is 65.0 Å². The van der Waals surface area contributed by atoms with E-state index in [1.165, 1.54) is 18.2 Å². The van der Waals surface area contributed by atoms with E-state index < -0.39 is 17.7 Å². The zero-order valence-electron chi connectivity index (χ0n) is 10.0. The second-order valence-electron chi connectivity index (χ2n) is 4.21. The minimum atomic E-state index is -0.571. The number of aryl methyl sites for hydroxylation is 1. The highest BCUT2D eigenvalue weighted by atomic mass is 19.1. The molecule has 0 radical (unpaired) electrons. The number of hydrogen-bond acceptors (Lipinski definition) is 2. The molecule has 0 aliphatic carbocycles. The Kier molecular flexibility index (Phi) is 3.67. The van der Waals surface area contributed by atoms with Crippen LogP contribution in [0.3, 0.4) is 0 Å². The van der Waals surface area contributed by atoms with E-state index in [0.717, 1.165) is 5.69 Å². The average Bonchev–Trinajstić information content (AvgIpc) is 2.34. The SMILES string of the molecule is Cc1cccc(C(N)Cc2c(F)cccc2F)n1. The van der Waals surface area contributed by atoms with Gasteiger partial charge in [-0.1, -0.05) is 12.1 Å². The summed E-state index contributed by atoms with van der Waals surface area (Å²) in [5, 5.41) is 0. The molecule has 0 spiro atoms. The van der Waals surface area contributed by atoms with Crippen LogP contribution in [0.15, 0.2) is 36.4 Å². The molecule has 1 unspecified atom stereocenters. The molecule has 18 heavy (non-hydrogen) atoms. The monoisotopic (exact) mass is 248 g/mol. The number of nitrogens with zero attached hydrogens (tertiary/aromatic N) is 1. The maximum absolute atomic E-state index is 13.5. The summed E-state index contributed by atoms with van der Waals surface area (Å²) in [4.78, 5) is 4.26. The molecule has 1 aromatic heterocycles. The van der Waals surface area contributed by atoms with Gasteiger partial charge in [0.2, 0.25) is 0 Å². The second-order valence-corrected chi connectivity index (χ2v) is 4.21. The zero-order chi connectivity index (χ0) is 13.1. The van der Waals surface area contributed by atoms with Gasteiger partial charge in [0, 0.05) is 11.3 Å². The van der Waals surface area contributed by atoms with Crippen molar-refractivity contribution in [1.82, 2.24) is 4.98 Å². The Morgan fingerprint density at radius 1 is 1.11 bits per heavy atom. The molecule has 0 aliphatic heterocycles. The van der Waals surface area contributed by atoms with E-state index in [2.05, 4.69) is 4.98 Å². The first-order chi connectivity index (χ1) is 8.58. The Morgan fingerprint density at radius 3 is 2.33 bits per heavy atom. The maximum atomic E-state index is 13.5. The van der Waals surface area contributed by atoms with Gasteiger partial charge < -0.3 is 5.73 Å². The summed E-state index contributed by atoms with van der Waals surface area (Å²) in [6, 6.07) is 8.72. The summed E-state index contributed by atoms with van der Waals surface area (Å²) in [6.07, 6.45) is 0.0922. The van der Waals surface area contributed by atoms with E-state index in [0.29, 0.717) is 5.69 Å². The molecule has 0 aliphatic rings. The third-order valence-electron chi connectivity index (χ3n) is 2.78. The van der Waals surface area contributed by atoms with Gasteiger partial charge in [0.15, 0.2) is 0 Å². The van der Waals surface area contributed by atoms with Crippen molar-refractivity contribution in [2.45, 2.75) is 19.4 Å². The molecule has 2 rings (SSSR count). The molecule has 0 saturated heterocycles. The molecule has 1 heterocycles. The summed E-state index contributed by atoms with van der Waals surface area (Å²) in [5.41, 5.74) is 7.41. The van der Waals surface area contributed by atoms with Crippen molar-refractivity contribution in [2.75, 3.05) is 0 Å². The normalized spacial score (nSPS) is 12.4. The molecule has 0 bridgehead atoms. The Balaban J connectivity index is 2.24. The molecule has 0 fully saturated rings. The first kappa shape index (κ1) is 12.6. The van der Waals surface area contributed by atoms with Gasteiger partial charge in [0.25, 0.3) is 0 Å². The number of hydrogen-bond donors (Lipinski definition) is 1. The fourth-order valence-electron chi connectivity index (χ4n) is 1.82. The lowest BCUT2D eigenvalue weighted by atomic mass is 10.0. The standard InChI is InChI=1S/C14H14F2N2/c1-9-4-2-7-14(18-9)13(17)8-10-11(15)5-3-6-12(10)16/h2-7,13H,8,17H2,1H3. The highest BCUT2D eigenvalue weighted by molar-refractivity contribution is 5.23. The van der Waals surface area contributed by atoms with E-state index in [9.17, 15) is 8.78 Å². The Morgan fingerprint density at radius 2 is 1.72 bits per heavy atom. The summed E-state index contributed by atoms with van der Waals surface area (Å²) in [5.74, 6) is -1.14. The minimum absolute atomic E-state index is 0.00769. The van der Waals surface area contributed by atoms with Crippen LogP contribution in [0.1, 0.15) is 23.0 Å². The predicted molar refractivity (Wildman–Crippen MR) is 66.0 cm³/mol. The van der Waals surface area contributed by atoms with Crippen molar-refractivity contribution in [3.8, 4) is 0 Å². The van der Waals surface area contributed by atoms with Crippen molar-refractivity contribution in [3.63, 3.8) is 0 Å². The van der Waals surface area contributed by atoms with E-state index in [1.807, 2.05) is 19.1 Å². The molecule has 1 atom stereocenters. The molecule has 0 saturated carbocycles. The fourth-order valence-corrected chi connectivity index (χ4v) is 1.82. The van der Waals surface area contributed by atoms with E-state index in [-0.39, 0.29) is 12.0 Å². The summed E-state index contributed by atoms with van der Waals surface area (Å²) in [6.45, 7) is 1.85. The molecular weight excluding hydrogens is 234 g/mol. The van der Waals surface area contributed by atoms with Crippen molar-refractivity contribution in [1.29, 1.82) is 0 Å². The Bertz CT molecular complexity index is 535. The summed E-state index contributed by atoms with van der Waals surface area (Å²) < 4.78 is 27.0. The molecular formula is C14H14F2N2. The van der Waals surface area contributed by atoms with Crippen LogP contribution in [-0.2, 0) is 6.42 Å². The van der Waals surface area contributed by atoms with Gasteiger partial charge in [0.1, 0.15) is 11.6 Å². The highest BCUT2D eigenvalue weighted by Gasteiger charge is 2.15. The van der Waals surface area contributed by atoms with Crippen LogP contribution in [0.25, 0.3) is 0 Å². The van der Waals surface area contributed by atoms with Gasteiger partial charge in [-0.2, -0.15) is 0 Å². The lowest BCUT2D eigenvalue weighted by Crippen LogP contribution is -2.16. The number of pyridine rings is 1. The van der Waals surface area contributed by atoms with Gasteiger partial charge in [-0.05, 0) is 37.6 Å². The molecule has 2 aromatic rings. The highest BCUT2D eigenvalue weighted by Crippen LogP contribution is 2.19. The zero-order valence-corrected chi connectivity index (χ0v) is 10.0. The van der Waals surface area contributed by atoms with Crippen LogP contribution in [0.4, 0.5) is 8.78 Å². The fraction of sp³-hybridized carbons (Fsp3) is 0.214. The first-order valence-electron chi connectivity index (χ1n) is 5.70. The molecule has 0 amide bonds. The van der Waals surface area contributed by atoms with Crippen LogP contribution in [0, 0.1) is 18.6 Å². The second kappa shape index (κ2) is 5.23. The largest absolute Gasteiger partial charge is 0.322 e. The third kappa shape index (κ3) is 2.71. The lowest BCUT2D eigenvalue weighted by Gasteiger charge is -2.13. The minimum Gasteiger partial charge on any atom is -0.322 e. The smallest absolute Gasteiger partial charge is 0.129 e. The number of nitrogens with two attached hydrogens (primary N) is 1. The van der Waals surface area contributed by atoms with Crippen molar-refractivity contribution < 1.29 is 8.78 Å². The van der Waals surface area contributed by atoms with E-state index in [4.69, 9.17) is 5.73 Å². The van der Waals surface area contributed by atoms with E-state index in [1.54, 1.807) is 6.07 Å². The van der Waals surface area contributed by atoms with Crippen LogP contribution in [0.2, 0.25) is 0 Å². The van der Waals surface area contributed by atoms with Gasteiger partial charge in [-0.3, -0.25) is 4.98 Å². The van der Waals surface area contributed by atoms with Crippen molar-refractivity contribution in [2.24, 2.45) is 5.73 Å². The maximum Gasteiger partial charge on any atom is 0.129 e. The third-order valence-corrected chi connectivity index (χ3v) is 2.78. The summed E-state index contributed by atoms with van der Waals surface area (Å²) in [7, 11) is 0. The average molecular weight is 248 g/mol. The van der Waals surface area contributed by atoms with Gasteiger partial charge in [-0.15, -0.1) is 0 Å². The molecule has 4 heteroatoms. The number of rotatable bonds is 3. The van der Waals surface area contributed by atoms with Gasteiger partial charge in [0.05, 0.1) is 11.7 Å². The molecule has 1 aromatic carbocycles. The molecule has 2 nitrogen and oxygen atoms in total. The topological polar surface area (TPSA) is 38.9 Å². The van der Waals surface area contributed by atoms with Crippen LogP contribution in [-0.4, -0.2) is 4.98 Å². The predicted octanol–water partition coefficient (Wildman–Crippen LogP) is 2.91. The number of halogens is 2. The van der Waals surface area contributed by atoms with Crippen LogP contribution in [0.5, 0.6) is 0 Å². The summed E-state index contributed by atoms with van der Waals surface area (Å²) >= 11 is 0. The van der Waals surface area contributed by atoms with E-state index >= 15 is 0 Å². The molecule has 94 valence electrons. The van der Waals surface area contributed by atoms with Crippen LogP contribution >= 0.6 is 0 Å². The first-order valence-corrected chi connectivity index (χ1v) is 5.70. The number of aromatic nitrogens is 1. The Hall–Kier alpha value is -1.81. The molecule has 2 N–H and O–H groups in total. The lowest BCUT2D eigenvalue weighted by molar-refractivity contribution is 0.537.